The van der Waals surface area contributed by atoms with E-state index in [1.165, 1.54) is 7.11 Å². The van der Waals surface area contributed by atoms with Crippen LogP contribution in [0, 0.1) is 18.8 Å². The first-order valence-corrected chi connectivity index (χ1v) is 12.7. The number of hydrogen-bond donors (Lipinski definition) is 0. The third-order valence-electron chi connectivity index (χ3n) is 6.18. The highest BCUT2D eigenvalue weighted by molar-refractivity contribution is 5.80. The lowest BCUT2D eigenvalue weighted by Gasteiger charge is -2.24. The van der Waals surface area contributed by atoms with Gasteiger partial charge in [0.25, 0.3) is 0 Å². The summed E-state index contributed by atoms with van der Waals surface area (Å²) in [4.78, 5) is 13.6. The van der Waals surface area contributed by atoms with Gasteiger partial charge in [-0.2, -0.15) is 0 Å². The van der Waals surface area contributed by atoms with Gasteiger partial charge in [-0.1, -0.05) is 54.3 Å². The maximum absolute atomic E-state index is 11.3. The van der Waals surface area contributed by atoms with Crippen molar-refractivity contribution in [2.75, 3.05) is 53.2 Å². The van der Waals surface area contributed by atoms with Crippen LogP contribution in [0.2, 0.25) is 0 Å². The van der Waals surface area contributed by atoms with E-state index in [1.54, 1.807) is 6.07 Å². The Labute approximate surface area is 224 Å². The second kappa shape index (κ2) is 14.0. The first-order chi connectivity index (χ1) is 18.6. The van der Waals surface area contributed by atoms with Gasteiger partial charge in [0.05, 0.1) is 26.9 Å². The molecule has 0 unspecified atom stereocenters. The molecule has 38 heavy (non-hydrogen) atoms. The maximum atomic E-state index is 11.3. The molecule has 0 N–H and O–H groups in total. The normalized spacial score (nSPS) is 13.8. The molecule has 0 amide bonds. The van der Waals surface area contributed by atoms with E-state index in [-0.39, 0.29) is 6.61 Å². The smallest absolute Gasteiger partial charge is 0.343 e. The predicted octanol–water partition coefficient (Wildman–Crippen LogP) is 4.74. The standard InChI is InChI=1S/C32H33NO5/c1-25-23-29(14-15-31(25)38-24-32(34)35-2)37-20-16-30(27-8-4-3-5-9-27)28-12-10-26(11-13-28)7-6-17-33-18-21-36-22-19-33/h3-5,8-16,23H,17-22,24H2,1-2H3. The van der Waals surface area contributed by atoms with Gasteiger partial charge in [-0.3, -0.25) is 4.90 Å². The van der Waals surface area contributed by atoms with E-state index in [0.717, 1.165) is 66.4 Å². The van der Waals surface area contributed by atoms with Crippen LogP contribution in [0.15, 0.2) is 78.9 Å². The number of benzene rings is 3. The molecule has 0 bridgehead atoms. The summed E-state index contributed by atoms with van der Waals surface area (Å²) in [7, 11) is 1.34. The lowest BCUT2D eigenvalue weighted by Crippen LogP contribution is -2.36. The topological polar surface area (TPSA) is 57.2 Å². The molecule has 4 rings (SSSR count). The minimum Gasteiger partial charge on any atom is -0.489 e. The Balaban J connectivity index is 1.43. The number of methoxy groups -OCH3 is 1. The van der Waals surface area contributed by atoms with E-state index in [9.17, 15) is 4.79 Å². The van der Waals surface area contributed by atoms with E-state index in [1.807, 2.05) is 37.3 Å². The first-order valence-electron chi connectivity index (χ1n) is 12.7. The van der Waals surface area contributed by atoms with Crippen molar-refractivity contribution in [1.29, 1.82) is 0 Å². The largest absolute Gasteiger partial charge is 0.489 e. The molecule has 1 aliphatic rings. The molecule has 6 heteroatoms. The summed E-state index contributed by atoms with van der Waals surface area (Å²) < 4.78 is 21.6. The van der Waals surface area contributed by atoms with Crippen molar-refractivity contribution in [3.8, 4) is 23.3 Å². The van der Waals surface area contributed by atoms with E-state index in [2.05, 4.69) is 64.0 Å². The highest BCUT2D eigenvalue weighted by Gasteiger charge is 2.09. The van der Waals surface area contributed by atoms with Gasteiger partial charge in [0.2, 0.25) is 0 Å². The van der Waals surface area contributed by atoms with Crippen molar-refractivity contribution >= 4 is 11.5 Å². The highest BCUT2D eigenvalue weighted by Crippen LogP contribution is 2.26. The predicted molar refractivity (Wildman–Crippen MR) is 148 cm³/mol. The number of ether oxygens (including phenoxy) is 4. The molecular weight excluding hydrogens is 478 g/mol. The van der Waals surface area contributed by atoms with Crippen LogP contribution in [0.4, 0.5) is 0 Å². The Kier molecular flexibility index (Phi) is 9.97. The van der Waals surface area contributed by atoms with Crippen LogP contribution in [0.3, 0.4) is 0 Å². The zero-order valence-electron chi connectivity index (χ0n) is 21.9. The van der Waals surface area contributed by atoms with Gasteiger partial charge in [0.15, 0.2) is 6.61 Å². The van der Waals surface area contributed by atoms with Crippen LogP contribution >= 0.6 is 0 Å². The fraction of sp³-hybridized carbons (Fsp3) is 0.281. The molecule has 6 nitrogen and oxygen atoms in total. The van der Waals surface area contributed by atoms with Gasteiger partial charge in [-0.05, 0) is 65.6 Å². The number of rotatable bonds is 9. The Morgan fingerprint density at radius 3 is 2.42 bits per heavy atom. The summed E-state index contributed by atoms with van der Waals surface area (Å²) in [6.07, 6.45) is 2.09. The third kappa shape index (κ3) is 7.97. The Hall–Kier alpha value is -4.05. The van der Waals surface area contributed by atoms with Crippen molar-refractivity contribution in [3.05, 3.63) is 101 Å². The van der Waals surface area contributed by atoms with E-state index < -0.39 is 5.97 Å². The second-order valence-corrected chi connectivity index (χ2v) is 8.85. The van der Waals surface area contributed by atoms with Crippen LogP contribution in [-0.2, 0) is 14.3 Å². The molecule has 3 aromatic rings. The van der Waals surface area contributed by atoms with Crippen LogP contribution in [0.25, 0.3) is 5.57 Å². The Morgan fingerprint density at radius 2 is 1.71 bits per heavy atom. The molecule has 1 fully saturated rings. The third-order valence-corrected chi connectivity index (χ3v) is 6.18. The Bertz CT molecular complexity index is 1280. The lowest BCUT2D eigenvalue weighted by molar-refractivity contribution is -0.142. The van der Waals surface area contributed by atoms with Crippen molar-refractivity contribution in [3.63, 3.8) is 0 Å². The molecule has 196 valence electrons. The van der Waals surface area contributed by atoms with E-state index >= 15 is 0 Å². The van der Waals surface area contributed by atoms with Crippen molar-refractivity contribution in [2.24, 2.45) is 0 Å². The fourth-order valence-electron chi connectivity index (χ4n) is 4.06. The monoisotopic (exact) mass is 511 g/mol. The minimum atomic E-state index is -0.420. The van der Waals surface area contributed by atoms with Gasteiger partial charge < -0.3 is 18.9 Å². The summed E-state index contributed by atoms with van der Waals surface area (Å²) in [6, 6.07) is 24.1. The van der Waals surface area contributed by atoms with E-state index in [0.29, 0.717) is 12.4 Å². The number of hydrogen-bond acceptors (Lipinski definition) is 6. The SMILES string of the molecule is COC(=O)COc1ccc(OCC=C(c2ccccc2)c2ccc(C#CCN3CCOCC3)cc2)cc1C. The molecule has 0 atom stereocenters. The number of nitrogens with zero attached hydrogens (tertiary/aromatic N) is 1. The number of carbonyl (C=O) groups excluding carboxylic acids is 1. The summed E-state index contributed by atoms with van der Waals surface area (Å²) in [5.74, 6) is 7.49. The highest BCUT2D eigenvalue weighted by atomic mass is 16.6. The maximum Gasteiger partial charge on any atom is 0.343 e. The molecule has 0 saturated carbocycles. The van der Waals surface area contributed by atoms with Crippen LogP contribution < -0.4 is 9.47 Å². The number of aryl methyl sites for hydroxylation is 1. The minimum absolute atomic E-state index is 0.126. The number of esters is 1. The Morgan fingerprint density at radius 1 is 0.974 bits per heavy atom. The van der Waals surface area contributed by atoms with Crippen LogP contribution in [-0.4, -0.2) is 64.0 Å². The summed E-state index contributed by atoms with van der Waals surface area (Å²) in [5, 5.41) is 0. The van der Waals surface area contributed by atoms with Gasteiger partial charge >= 0.3 is 5.97 Å². The molecule has 0 spiro atoms. The van der Waals surface area contributed by atoms with Crippen molar-refractivity contribution < 1.29 is 23.7 Å². The zero-order valence-corrected chi connectivity index (χ0v) is 21.9. The molecule has 1 aliphatic heterocycles. The van der Waals surface area contributed by atoms with Gasteiger partial charge in [0.1, 0.15) is 18.1 Å². The molecule has 0 aliphatic carbocycles. The number of carbonyl (C=O) groups is 1. The van der Waals surface area contributed by atoms with Crippen molar-refractivity contribution in [2.45, 2.75) is 6.92 Å². The summed E-state index contributed by atoms with van der Waals surface area (Å²) in [5.41, 5.74) is 5.18. The molecule has 3 aromatic carbocycles. The second-order valence-electron chi connectivity index (χ2n) is 8.85. The zero-order chi connectivity index (χ0) is 26.6. The molecule has 1 heterocycles. The molecule has 0 radical (unpaired) electrons. The number of morpholine rings is 1. The average molecular weight is 512 g/mol. The van der Waals surface area contributed by atoms with Gasteiger partial charge in [0, 0.05) is 18.7 Å². The van der Waals surface area contributed by atoms with E-state index in [4.69, 9.17) is 14.2 Å². The first kappa shape index (κ1) is 27.0. The van der Waals surface area contributed by atoms with Crippen LogP contribution in [0.1, 0.15) is 22.3 Å². The van der Waals surface area contributed by atoms with Gasteiger partial charge in [-0.25, -0.2) is 4.79 Å². The van der Waals surface area contributed by atoms with Gasteiger partial charge in [-0.15, -0.1) is 0 Å². The van der Waals surface area contributed by atoms with Crippen LogP contribution in [0.5, 0.6) is 11.5 Å². The summed E-state index contributed by atoms with van der Waals surface area (Å²) in [6.45, 7) is 6.38. The molecular formula is C32H33NO5. The van der Waals surface area contributed by atoms with Crippen molar-refractivity contribution in [1.82, 2.24) is 4.90 Å². The molecule has 0 aromatic heterocycles. The quantitative estimate of drug-likeness (QED) is 0.306. The average Bonchev–Trinajstić information content (AvgIpc) is 2.96. The summed E-state index contributed by atoms with van der Waals surface area (Å²) >= 11 is 0. The molecule has 1 saturated heterocycles. The lowest BCUT2D eigenvalue weighted by atomic mass is 9.97. The fourth-order valence-corrected chi connectivity index (χ4v) is 4.06.